The molecule has 2 rings (SSSR count). The van der Waals surface area contributed by atoms with Crippen LogP contribution < -0.4 is 15.8 Å². The van der Waals surface area contributed by atoms with Crippen LogP contribution in [0.25, 0.3) is 0 Å². The average Bonchev–Trinajstić information content (AvgIpc) is 2.67. The summed E-state index contributed by atoms with van der Waals surface area (Å²) in [6, 6.07) is 16.4. The van der Waals surface area contributed by atoms with Gasteiger partial charge in [-0.25, -0.2) is 0 Å². The van der Waals surface area contributed by atoms with Crippen molar-refractivity contribution in [1.29, 1.82) is 0 Å². The zero-order valence-corrected chi connectivity index (χ0v) is 15.5. The van der Waals surface area contributed by atoms with E-state index in [1.54, 1.807) is 24.3 Å². The molecule has 1 atom stereocenters. The van der Waals surface area contributed by atoms with Gasteiger partial charge in [-0.05, 0) is 30.2 Å². The highest BCUT2D eigenvalue weighted by Crippen LogP contribution is 2.21. The van der Waals surface area contributed by atoms with Crippen molar-refractivity contribution in [2.75, 3.05) is 19.8 Å². The quantitative estimate of drug-likeness (QED) is 0.594. The van der Waals surface area contributed by atoms with E-state index in [0.29, 0.717) is 24.3 Å². The number of amides is 2. The Bertz CT molecular complexity index is 764. The molecule has 6 nitrogen and oxygen atoms in total. The largest absolute Gasteiger partial charge is 0.493 e. The Morgan fingerprint density at radius 1 is 1.15 bits per heavy atom. The van der Waals surface area contributed by atoms with Crippen molar-refractivity contribution in [3.63, 3.8) is 0 Å². The predicted octanol–water partition coefficient (Wildman–Crippen LogP) is 1.91. The zero-order chi connectivity index (χ0) is 19.7. The van der Waals surface area contributed by atoms with Gasteiger partial charge in [-0.3, -0.25) is 9.59 Å². The van der Waals surface area contributed by atoms with Gasteiger partial charge in [0.25, 0.3) is 0 Å². The molecule has 4 N–H and O–H groups in total. The van der Waals surface area contributed by atoms with Crippen LogP contribution in [0.4, 0.5) is 0 Å². The van der Waals surface area contributed by atoms with Gasteiger partial charge in [0.05, 0.1) is 19.6 Å². The number of ether oxygens (including phenoxy) is 1. The number of hydrogen-bond donors (Lipinski definition) is 3. The van der Waals surface area contributed by atoms with Crippen LogP contribution >= 0.6 is 0 Å². The molecular weight excluding hydrogens is 344 g/mol. The van der Waals surface area contributed by atoms with Crippen molar-refractivity contribution in [1.82, 2.24) is 5.32 Å². The number of aliphatic hydroxyl groups excluding tert-OH is 1. The summed E-state index contributed by atoms with van der Waals surface area (Å²) in [7, 11) is 0. The minimum Gasteiger partial charge on any atom is -0.493 e. The second-order valence-corrected chi connectivity index (χ2v) is 6.90. The number of nitrogens with one attached hydrogen (secondary N) is 1. The maximum atomic E-state index is 12.1. The van der Waals surface area contributed by atoms with Crippen molar-refractivity contribution in [2.45, 2.75) is 19.8 Å². The van der Waals surface area contributed by atoms with Crippen molar-refractivity contribution in [3.05, 3.63) is 65.7 Å². The molecule has 144 valence electrons. The van der Waals surface area contributed by atoms with Gasteiger partial charge in [-0.1, -0.05) is 43.3 Å². The van der Waals surface area contributed by atoms with E-state index in [4.69, 9.17) is 10.5 Å². The van der Waals surface area contributed by atoms with Gasteiger partial charge in [0.2, 0.25) is 11.8 Å². The summed E-state index contributed by atoms with van der Waals surface area (Å²) in [5, 5.41) is 12.6. The maximum absolute atomic E-state index is 12.1. The molecule has 0 saturated carbocycles. The number of rotatable bonds is 10. The van der Waals surface area contributed by atoms with Crippen LogP contribution in [0.5, 0.6) is 5.75 Å². The second-order valence-electron chi connectivity index (χ2n) is 6.90. The van der Waals surface area contributed by atoms with E-state index < -0.39 is 11.3 Å². The molecule has 2 amide bonds. The van der Waals surface area contributed by atoms with E-state index in [2.05, 4.69) is 5.32 Å². The fraction of sp³-hybridized carbons (Fsp3) is 0.333. The fourth-order valence-electron chi connectivity index (χ4n) is 2.66. The monoisotopic (exact) mass is 370 g/mol. The topological polar surface area (TPSA) is 102 Å². The Morgan fingerprint density at radius 2 is 1.89 bits per heavy atom. The number of hydrogen-bond acceptors (Lipinski definition) is 4. The molecule has 0 fully saturated rings. The lowest BCUT2D eigenvalue weighted by molar-refractivity contribution is -0.122. The fourth-order valence-corrected chi connectivity index (χ4v) is 2.66. The highest BCUT2D eigenvalue weighted by atomic mass is 16.5. The molecule has 0 aliphatic carbocycles. The summed E-state index contributed by atoms with van der Waals surface area (Å²) >= 11 is 0. The molecule has 0 aliphatic heterocycles. The Hall–Kier alpha value is -2.86. The third-order valence-electron chi connectivity index (χ3n) is 4.28. The average molecular weight is 370 g/mol. The first-order valence-corrected chi connectivity index (χ1v) is 8.86. The molecule has 0 aliphatic rings. The Labute approximate surface area is 159 Å². The Morgan fingerprint density at radius 3 is 2.56 bits per heavy atom. The summed E-state index contributed by atoms with van der Waals surface area (Å²) in [5.74, 6) is -0.197. The number of primary amides is 1. The van der Waals surface area contributed by atoms with Gasteiger partial charge >= 0.3 is 0 Å². The van der Waals surface area contributed by atoms with Crippen LogP contribution in [-0.2, 0) is 11.2 Å². The normalized spacial score (nSPS) is 12.8. The predicted molar refractivity (Wildman–Crippen MR) is 103 cm³/mol. The van der Waals surface area contributed by atoms with E-state index in [9.17, 15) is 14.7 Å². The van der Waals surface area contributed by atoms with Crippen molar-refractivity contribution in [2.24, 2.45) is 11.1 Å². The van der Waals surface area contributed by atoms with E-state index >= 15 is 0 Å². The van der Waals surface area contributed by atoms with Gasteiger partial charge in [-0.2, -0.15) is 0 Å². The van der Waals surface area contributed by atoms with Gasteiger partial charge in [0.1, 0.15) is 5.75 Å². The third kappa shape index (κ3) is 6.75. The molecule has 27 heavy (non-hydrogen) atoms. The van der Waals surface area contributed by atoms with Crippen molar-refractivity contribution in [3.8, 4) is 5.75 Å². The lowest BCUT2D eigenvalue weighted by Crippen LogP contribution is -2.39. The third-order valence-corrected chi connectivity index (χ3v) is 4.28. The highest BCUT2D eigenvalue weighted by Gasteiger charge is 2.24. The number of nitrogens with two attached hydrogens (primary N) is 1. The van der Waals surface area contributed by atoms with E-state index in [-0.39, 0.29) is 25.5 Å². The molecule has 0 spiro atoms. The molecule has 0 saturated heterocycles. The molecule has 0 unspecified atom stereocenters. The molecule has 0 radical (unpaired) electrons. The van der Waals surface area contributed by atoms with Gasteiger partial charge < -0.3 is 20.9 Å². The lowest BCUT2D eigenvalue weighted by Gasteiger charge is -2.27. The van der Waals surface area contributed by atoms with E-state index in [0.717, 1.165) is 5.56 Å². The van der Waals surface area contributed by atoms with Crippen LogP contribution in [0.3, 0.4) is 0 Å². The SMILES string of the molecule is C[C@@](CO)(CNC(=O)CCOc1cccc(C(N)=O)c1)Cc1ccccc1. The number of carbonyl (C=O) groups is 2. The maximum Gasteiger partial charge on any atom is 0.248 e. The van der Waals surface area contributed by atoms with E-state index in [1.165, 1.54) is 0 Å². The minimum atomic E-state index is -0.528. The smallest absolute Gasteiger partial charge is 0.248 e. The van der Waals surface area contributed by atoms with Crippen LogP contribution in [-0.4, -0.2) is 36.7 Å². The van der Waals surface area contributed by atoms with E-state index in [1.807, 2.05) is 37.3 Å². The van der Waals surface area contributed by atoms with Crippen LogP contribution in [0.1, 0.15) is 29.3 Å². The van der Waals surface area contributed by atoms with Gasteiger partial charge in [-0.15, -0.1) is 0 Å². The number of carbonyl (C=O) groups excluding carboxylic acids is 2. The minimum absolute atomic E-state index is 0.0292. The first-order chi connectivity index (χ1) is 12.9. The first-order valence-electron chi connectivity index (χ1n) is 8.86. The molecule has 0 aromatic heterocycles. The Kier molecular flexibility index (Phi) is 7.37. The van der Waals surface area contributed by atoms with Gasteiger partial charge in [0.15, 0.2) is 0 Å². The van der Waals surface area contributed by atoms with Crippen LogP contribution in [0.2, 0.25) is 0 Å². The van der Waals surface area contributed by atoms with Crippen LogP contribution in [0.15, 0.2) is 54.6 Å². The lowest BCUT2D eigenvalue weighted by atomic mass is 9.84. The summed E-state index contributed by atoms with van der Waals surface area (Å²) < 4.78 is 5.50. The Balaban J connectivity index is 1.78. The number of aliphatic hydroxyl groups is 1. The molecule has 6 heteroatoms. The van der Waals surface area contributed by atoms with Crippen molar-refractivity contribution < 1.29 is 19.4 Å². The molecule has 0 heterocycles. The highest BCUT2D eigenvalue weighted by molar-refractivity contribution is 5.93. The number of benzene rings is 2. The molecular formula is C21H26N2O4. The molecule has 0 bridgehead atoms. The summed E-state index contributed by atoms with van der Waals surface area (Å²) in [6.45, 7) is 2.46. The molecule has 2 aromatic rings. The summed E-state index contributed by atoms with van der Waals surface area (Å²) in [4.78, 5) is 23.2. The van der Waals surface area contributed by atoms with Crippen LogP contribution in [0, 0.1) is 5.41 Å². The zero-order valence-electron chi connectivity index (χ0n) is 15.5. The van der Waals surface area contributed by atoms with Crippen molar-refractivity contribution >= 4 is 11.8 Å². The summed E-state index contributed by atoms with van der Waals surface area (Å²) in [6.07, 6.45) is 0.842. The standard InChI is InChI=1S/C21H26N2O4/c1-21(15-24,13-16-6-3-2-4-7-16)14-23-19(25)10-11-27-18-9-5-8-17(12-18)20(22)26/h2-9,12,24H,10-11,13-15H2,1H3,(H2,22,26)(H,23,25)/t21-/m0/s1. The molecule has 2 aromatic carbocycles. The first kappa shape index (κ1) is 20.5. The second kappa shape index (κ2) is 9.73. The summed E-state index contributed by atoms with van der Waals surface area (Å²) in [5.41, 5.74) is 6.26. The van der Waals surface area contributed by atoms with Gasteiger partial charge in [0, 0.05) is 17.5 Å².